The summed E-state index contributed by atoms with van der Waals surface area (Å²) in [6.07, 6.45) is 3.36. The van der Waals surface area contributed by atoms with Crippen LogP contribution in [0, 0.1) is 18.8 Å². The van der Waals surface area contributed by atoms with Gasteiger partial charge in [-0.15, -0.1) is 0 Å². The Hall–Kier alpha value is -1.79. The first-order chi connectivity index (χ1) is 9.61. The zero-order chi connectivity index (χ0) is 15.0. The summed E-state index contributed by atoms with van der Waals surface area (Å²) in [6, 6.07) is 5.66. The molecule has 3 heteroatoms. The van der Waals surface area contributed by atoms with Crippen molar-refractivity contribution in [2.75, 3.05) is 20.1 Å². The molecule has 0 aliphatic carbocycles. The van der Waals surface area contributed by atoms with Crippen molar-refractivity contribution in [3.05, 3.63) is 34.9 Å². The van der Waals surface area contributed by atoms with Crippen molar-refractivity contribution in [2.45, 2.75) is 33.1 Å². The second-order valence-corrected chi connectivity index (χ2v) is 4.92. The van der Waals surface area contributed by atoms with Crippen LogP contribution in [-0.4, -0.2) is 30.9 Å². The van der Waals surface area contributed by atoms with E-state index in [1.165, 1.54) is 0 Å². The Balaban J connectivity index is 2.87. The lowest BCUT2D eigenvalue weighted by molar-refractivity contribution is 0.0792. The quantitative estimate of drug-likeness (QED) is 0.661. The second-order valence-electron chi connectivity index (χ2n) is 4.92. The molecule has 108 valence electrons. The van der Waals surface area contributed by atoms with Crippen LogP contribution in [-0.2, 0) is 0 Å². The first kappa shape index (κ1) is 16.3. The van der Waals surface area contributed by atoms with E-state index >= 15 is 0 Å². The van der Waals surface area contributed by atoms with E-state index in [-0.39, 0.29) is 5.91 Å². The predicted molar refractivity (Wildman–Crippen MR) is 83.6 cm³/mol. The number of nitrogens with two attached hydrogens (primary N) is 1. The number of nitrogens with zero attached hydrogens (tertiary/aromatic N) is 1. The third kappa shape index (κ3) is 4.40. The number of amides is 1. The second kappa shape index (κ2) is 8.39. The molecule has 0 unspecified atom stereocenters. The first-order valence-electron chi connectivity index (χ1n) is 7.15. The van der Waals surface area contributed by atoms with Gasteiger partial charge in [0.05, 0.1) is 6.54 Å². The fraction of sp³-hybridized carbons (Fsp3) is 0.471. The molecule has 1 aromatic rings. The maximum absolute atomic E-state index is 12.4. The van der Waals surface area contributed by atoms with Gasteiger partial charge in [-0.1, -0.05) is 37.7 Å². The molecule has 1 aromatic carbocycles. The largest absolute Gasteiger partial charge is 0.342 e. The van der Waals surface area contributed by atoms with Gasteiger partial charge in [0.25, 0.3) is 5.91 Å². The van der Waals surface area contributed by atoms with E-state index in [0.29, 0.717) is 6.54 Å². The smallest absolute Gasteiger partial charge is 0.253 e. The van der Waals surface area contributed by atoms with E-state index < -0.39 is 0 Å². The Morgan fingerprint density at radius 1 is 1.35 bits per heavy atom. The number of hydrogen-bond donors (Lipinski definition) is 1. The number of hydrogen-bond acceptors (Lipinski definition) is 2. The van der Waals surface area contributed by atoms with E-state index in [9.17, 15) is 4.79 Å². The standard InChI is InChI=1S/C17H24N2O/c1-4-5-6-13-19(3)17(20)16-11-7-9-15(14(16)2)10-8-12-18/h7,9,11H,4-6,12-13,18H2,1-3H3. The molecule has 0 radical (unpaired) electrons. The van der Waals surface area contributed by atoms with Crippen molar-refractivity contribution >= 4 is 5.91 Å². The maximum atomic E-state index is 12.4. The van der Waals surface area contributed by atoms with Crippen molar-refractivity contribution in [2.24, 2.45) is 5.73 Å². The van der Waals surface area contributed by atoms with Gasteiger partial charge in [-0.25, -0.2) is 0 Å². The van der Waals surface area contributed by atoms with Gasteiger partial charge in [0, 0.05) is 24.7 Å². The molecule has 1 amide bonds. The number of carbonyl (C=O) groups excluding carboxylic acids is 1. The number of unbranched alkanes of at least 4 members (excludes halogenated alkanes) is 2. The summed E-state index contributed by atoms with van der Waals surface area (Å²) in [5.41, 5.74) is 7.93. The van der Waals surface area contributed by atoms with Crippen LogP contribution in [0.5, 0.6) is 0 Å². The summed E-state index contributed by atoms with van der Waals surface area (Å²) in [5, 5.41) is 0. The van der Waals surface area contributed by atoms with Gasteiger partial charge in [0.1, 0.15) is 0 Å². The average molecular weight is 272 g/mol. The minimum Gasteiger partial charge on any atom is -0.342 e. The first-order valence-corrected chi connectivity index (χ1v) is 7.15. The fourth-order valence-corrected chi connectivity index (χ4v) is 2.06. The van der Waals surface area contributed by atoms with Gasteiger partial charge >= 0.3 is 0 Å². The third-order valence-corrected chi connectivity index (χ3v) is 3.33. The summed E-state index contributed by atoms with van der Waals surface area (Å²) in [5.74, 6) is 5.91. The molecule has 0 aromatic heterocycles. The lowest BCUT2D eigenvalue weighted by Crippen LogP contribution is -2.28. The van der Waals surface area contributed by atoms with Crippen molar-refractivity contribution in [3.63, 3.8) is 0 Å². The molecule has 3 nitrogen and oxygen atoms in total. The predicted octanol–water partition coefficient (Wildman–Crippen LogP) is 2.57. The highest BCUT2D eigenvalue weighted by atomic mass is 16.2. The van der Waals surface area contributed by atoms with Crippen LogP contribution in [0.3, 0.4) is 0 Å². The molecule has 0 atom stereocenters. The van der Waals surface area contributed by atoms with Crippen LogP contribution in [0.4, 0.5) is 0 Å². The van der Waals surface area contributed by atoms with Gasteiger partial charge in [-0.3, -0.25) is 4.79 Å². The van der Waals surface area contributed by atoms with Crippen LogP contribution >= 0.6 is 0 Å². The van der Waals surface area contributed by atoms with Crippen LogP contribution in [0.25, 0.3) is 0 Å². The molecule has 0 saturated heterocycles. The molecule has 2 N–H and O–H groups in total. The van der Waals surface area contributed by atoms with Crippen LogP contribution in [0.2, 0.25) is 0 Å². The lowest BCUT2D eigenvalue weighted by Gasteiger charge is -2.18. The average Bonchev–Trinajstić information content (AvgIpc) is 2.45. The Morgan fingerprint density at radius 2 is 2.10 bits per heavy atom. The highest BCUT2D eigenvalue weighted by Gasteiger charge is 2.14. The van der Waals surface area contributed by atoms with Crippen molar-refractivity contribution in [1.82, 2.24) is 4.90 Å². The van der Waals surface area contributed by atoms with Crippen LogP contribution < -0.4 is 5.73 Å². The Kier molecular flexibility index (Phi) is 6.83. The number of carbonyl (C=O) groups is 1. The molecule has 1 rings (SSSR count). The van der Waals surface area contributed by atoms with E-state index in [1.54, 1.807) is 4.90 Å². The third-order valence-electron chi connectivity index (χ3n) is 3.33. The molecule has 0 heterocycles. The molecule has 0 fully saturated rings. The van der Waals surface area contributed by atoms with Gasteiger partial charge in [-0.2, -0.15) is 0 Å². The Morgan fingerprint density at radius 3 is 2.75 bits per heavy atom. The van der Waals surface area contributed by atoms with Gasteiger partial charge < -0.3 is 10.6 Å². The summed E-state index contributed by atoms with van der Waals surface area (Å²) in [6.45, 7) is 5.22. The molecule has 0 aliphatic heterocycles. The SMILES string of the molecule is CCCCCN(C)C(=O)c1cccc(C#CCN)c1C. The monoisotopic (exact) mass is 272 g/mol. The number of benzene rings is 1. The molecule has 0 saturated carbocycles. The van der Waals surface area contributed by atoms with Crippen molar-refractivity contribution in [1.29, 1.82) is 0 Å². The normalized spacial score (nSPS) is 9.80. The van der Waals surface area contributed by atoms with Gasteiger partial charge in [-0.05, 0) is 31.0 Å². The highest BCUT2D eigenvalue weighted by molar-refractivity contribution is 5.96. The fourth-order valence-electron chi connectivity index (χ4n) is 2.06. The van der Waals surface area contributed by atoms with Crippen molar-refractivity contribution < 1.29 is 4.79 Å². The van der Waals surface area contributed by atoms with E-state index in [4.69, 9.17) is 5.73 Å². The van der Waals surface area contributed by atoms with E-state index in [0.717, 1.165) is 42.5 Å². The number of rotatable bonds is 5. The lowest BCUT2D eigenvalue weighted by atomic mass is 10.0. The molecule has 0 spiro atoms. The van der Waals surface area contributed by atoms with E-state index in [1.807, 2.05) is 32.2 Å². The van der Waals surface area contributed by atoms with Crippen LogP contribution in [0.1, 0.15) is 47.7 Å². The highest BCUT2D eigenvalue weighted by Crippen LogP contribution is 2.15. The minimum absolute atomic E-state index is 0.0648. The summed E-state index contributed by atoms with van der Waals surface area (Å²) < 4.78 is 0. The maximum Gasteiger partial charge on any atom is 0.253 e. The van der Waals surface area contributed by atoms with Gasteiger partial charge in [0.15, 0.2) is 0 Å². The summed E-state index contributed by atoms with van der Waals surface area (Å²) in [4.78, 5) is 14.2. The minimum atomic E-state index is 0.0648. The Labute approximate surface area is 122 Å². The zero-order valence-corrected chi connectivity index (χ0v) is 12.7. The summed E-state index contributed by atoms with van der Waals surface area (Å²) >= 11 is 0. The molecular formula is C17H24N2O. The Bertz CT molecular complexity index is 511. The van der Waals surface area contributed by atoms with Gasteiger partial charge in [0.2, 0.25) is 0 Å². The molecule has 0 aliphatic rings. The van der Waals surface area contributed by atoms with E-state index in [2.05, 4.69) is 18.8 Å². The molecule has 0 bridgehead atoms. The molecule has 20 heavy (non-hydrogen) atoms. The zero-order valence-electron chi connectivity index (χ0n) is 12.7. The molecular weight excluding hydrogens is 248 g/mol. The van der Waals surface area contributed by atoms with Crippen LogP contribution in [0.15, 0.2) is 18.2 Å². The topological polar surface area (TPSA) is 46.3 Å². The summed E-state index contributed by atoms with van der Waals surface area (Å²) in [7, 11) is 1.86. The van der Waals surface area contributed by atoms with Crippen molar-refractivity contribution in [3.8, 4) is 11.8 Å².